The van der Waals surface area contributed by atoms with E-state index in [1.54, 1.807) is 36.4 Å². The lowest BCUT2D eigenvalue weighted by molar-refractivity contribution is -0.117. The zero-order valence-electron chi connectivity index (χ0n) is 12.5. The van der Waals surface area contributed by atoms with E-state index >= 15 is 0 Å². The fourth-order valence-electron chi connectivity index (χ4n) is 1.88. The van der Waals surface area contributed by atoms with E-state index in [9.17, 15) is 9.59 Å². The van der Waals surface area contributed by atoms with Crippen molar-refractivity contribution in [3.63, 3.8) is 0 Å². The van der Waals surface area contributed by atoms with Crippen LogP contribution in [0.5, 0.6) is 0 Å². The van der Waals surface area contributed by atoms with Crippen LogP contribution in [0.2, 0.25) is 5.02 Å². The minimum Gasteiger partial charge on any atom is -0.317 e. The lowest BCUT2D eigenvalue weighted by Crippen LogP contribution is -2.38. The first-order chi connectivity index (χ1) is 11.0. The number of amides is 2. The quantitative estimate of drug-likeness (QED) is 0.348. The second kappa shape index (κ2) is 7.58. The first-order valence-corrected chi connectivity index (χ1v) is 7.24. The van der Waals surface area contributed by atoms with Gasteiger partial charge in [-0.25, -0.2) is 5.84 Å². The number of benzene rings is 2. The van der Waals surface area contributed by atoms with Gasteiger partial charge in [0.15, 0.2) is 0 Å². The lowest BCUT2D eigenvalue weighted by atomic mass is 10.1. The third-order valence-corrected chi connectivity index (χ3v) is 3.49. The van der Waals surface area contributed by atoms with Crippen molar-refractivity contribution in [2.45, 2.75) is 6.92 Å². The molecule has 0 fully saturated rings. The van der Waals surface area contributed by atoms with Crippen LogP contribution in [0.3, 0.4) is 0 Å². The van der Waals surface area contributed by atoms with E-state index in [-0.39, 0.29) is 5.70 Å². The van der Waals surface area contributed by atoms with Gasteiger partial charge in [-0.1, -0.05) is 47.5 Å². The van der Waals surface area contributed by atoms with Gasteiger partial charge in [0.25, 0.3) is 11.8 Å². The second-order valence-electron chi connectivity index (χ2n) is 4.87. The van der Waals surface area contributed by atoms with Crippen molar-refractivity contribution in [2.75, 3.05) is 0 Å². The summed E-state index contributed by atoms with van der Waals surface area (Å²) in [5.74, 6) is 4.14. The van der Waals surface area contributed by atoms with Crippen LogP contribution in [0.4, 0.5) is 0 Å². The molecule has 0 saturated carbocycles. The highest BCUT2D eigenvalue weighted by Gasteiger charge is 2.14. The molecule has 2 aromatic carbocycles. The Balaban J connectivity index is 2.29. The molecule has 0 aliphatic heterocycles. The van der Waals surface area contributed by atoms with Crippen LogP contribution in [0.15, 0.2) is 54.2 Å². The molecular formula is C17H16ClN3O2. The number of halogens is 1. The standard InChI is InChI=1S/C17H16ClN3O2/c1-11-6-8-12(9-7-11)16(22)20-15(17(23)21-19)10-13-4-2-3-5-14(13)18/h2-10H,19H2,1H3,(H,20,22)(H,21,23)/b15-10+. The van der Waals surface area contributed by atoms with Crippen LogP contribution in [0.25, 0.3) is 6.08 Å². The summed E-state index contributed by atoms with van der Waals surface area (Å²) in [6.07, 6.45) is 1.47. The average molecular weight is 330 g/mol. The molecule has 2 rings (SSSR count). The third-order valence-electron chi connectivity index (χ3n) is 3.14. The molecule has 0 heterocycles. The fourth-order valence-corrected chi connectivity index (χ4v) is 2.07. The van der Waals surface area contributed by atoms with Crippen LogP contribution in [-0.2, 0) is 4.79 Å². The largest absolute Gasteiger partial charge is 0.317 e. The van der Waals surface area contributed by atoms with Crippen LogP contribution in [0, 0.1) is 6.92 Å². The van der Waals surface area contributed by atoms with Gasteiger partial charge in [-0.3, -0.25) is 15.0 Å². The molecule has 2 aromatic rings. The molecule has 5 nitrogen and oxygen atoms in total. The highest BCUT2D eigenvalue weighted by Crippen LogP contribution is 2.18. The molecule has 0 atom stereocenters. The molecule has 23 heavy (non-hydrogen) atoms. The topological polar surface area (TPSA) is 84.2 Å². The number of nitrogens with two attached hydrogens (primary N) is 1. The van der Waals surface area contributed by atoms with Gasteiger partial charge in [0.05, 0.1) is 0 Å². The Morgan fingerprint density at radius 2 is 1.74 bits per heavy atom. The minimum atomic E-state index is -0.620. The molecule has 0 unspecified atom stereocenters. The Kier molecular flexibility index (Phi) is 5.51. The molecule has 0 radical (unpaired) electrons. The van der Waals surface area contributed by atoms with E-state index in [0.29, 0.717) is 16.1 Å². The van der Waals surface area contributed by atoms with Crippen LogP contribution < -0.4 is 16.6 Å². The number of nitrogens with one attached hydrogen (secondary N) is 2. The lowest BCUT2D eigenvalue weighted by Gasteiger charge is -2.09. The molecular weight excluding hydrogens is 314 g/mol. The summed E-state index contributed by atoms with van der Waals surface area (Å²) in [6, 6.07) is 13.9. The molecule has 0 aromatic heterocycles. The van der Waals surface area contributed by atoms with Crippen LogP contribution in [0.1, 0.15) is 21.5 Å². The summed E-state index contributed by atoms with van der Waals surface area (Å²) < 4.78 is 0. The van der Waals surface area contributed by atoms with Gasteiger partial charge in [0, 0.05) is 10.6 Å². The van der Waals surface area contributed by atoms with E-state index in [2.05, 4.69) is 5.32 Å². The number of hydrogen-bond acceptors (Lipinski definition) is 3. The highest BCUT2D eigenvalue weighted by atomic mass is 35.5. The van der Waals surface area contributed by atoms with Gasteiger partial charge in [-0.2, -0.15) is 0 Å². The number of carbonyl (C=O) groups is 2. The summed E-state index contributed by atoms with van der Waals surface area (Å²) >= 11 is 6.07. The van der Waals surface area contributed by atoms with Crippen molar-refractivity contribution in [3.05, 3.63) is 75.9 Å². The summed E-state index contributed by atoms with van der Waals surface area (Å²) in [7, 11) is 0. The summed E-state index contributed by atoms with van der Waals surface area (Å²) in [4.78, 5) is 24.1. The van der Waals surface area contributed by atoms with Gasteiger partial charge in [0.1, 0.15) is 5.70 Å². The normalized spacial score (nSPS) is 11.0. The Morgan fingerprint density at radius 1 is 1.09 bits per heavy atom. The molecule has 2 amide bonds. The first kappa shape index (κ1) is 16.7. The molecule has 0 bridgehead atoms. The van der Waals surface area contributed by atoms with E-state index in [1.807, 2.05) is 24.5 Å². The monoisotopic (exact) mass is 329 g/mol. The van der Waals surface area contributed by atoms with Gasteiger partial charge in [0.2, 0.25) is 0 Å². The van der Waals surface area contributed by atoms with E-state index in [1.165, 1.54) is 6.08 Å². The van der Waals surface area contributed by atoms with Gasteiger partial charge in [-0.15, -0.1) is 0 Å². The molecule has 0 aliphatic rings. The number of rotatable bonds is 4. The van der Waals surface area contributed by atoms with Crippen LogP contribution >= 0.6 is 11.6 Å². The Bertz CT molecular complexity index is 755. The summed E-state index contributed by atoms with van der Waals surface area (Å²) in [6.45, 7) is 1.92. The number of hydrogen-bond donors (Lipinski definition) is 3. The molecule has 0 spiro atoms. The zero-order valence-corrected chi connectivity index (χ0v) is 13.2. The Labute approximate surface area is 139 Å². The molecule has 4 N–H and O–H groups in total. The third kappa shape index (κ3) is 4.42. The first-order valence-electron chi connectivity index (χ1n) is 6.86. The van der Waals surface area contributed by atoms with Crippen molar-refractivity contribution in [2.24, 2.45) is 5.84 Å². The van der Waals surface area contributed by atoms with Gasteiger partial charge >= 0.3 is 0 Å². The highest BCUT2D eigenvalue weighted by molar-refractivity contribution is 6.32. The van der Waals surface area contributed by atoms with Crippen LogP contribution in [-0.4, -0.2) is 11.8 Å². The van der Waals surface area contributed by atoms with Crippen molar-refractivity contribution in [3.8, 4) is 0 Å². The molecule has 0 aliphatic carbocycles. The predicted molar refractivity (Wildman–Crippen MR) is 90.4 cm³/mol. The predicted octanol–water partition coefficient (Wildman–Crippen LogP) is 2.41. The zero-order chi connectivity index (χ0) is 16.8. The molecule has 118 valence electrons. The minimum absolute atomic E-state index is 0.00572. The maximum atomic E-state index is 12.3. The Hall–Kier alpha value is -2.63. The van der Waals surface area contributed by atoms with Crippen molar-refractivity contribution in [1.82, 2.24) is 10.7 Å². The Morgan fingerprint density at radius 3 is 2.35 bits per heavy atom. The van der Waals surface area contributed by atoms with Crippen molar-refractivity contribution >= 4 is 29.5 Å². The maximum Gasteiger partial charge on any atom is 0.281 e. The SMILES string of the molecule is Cc1ccc(C(=O)N/C(=C/c2ccccc2Cl)C(=O)NN)cc1. The smallest absolute Gasteiger partial charge is 0.281 e. The van der Waals surface area contributed by atoms with E-state index in [0.717, 1.165) is 5.56 Å². The van der Waals surface area contributed by atoms with Gasteiger partial charge in [-0.05, 0) is 36.8 Å². The van der Waals surface area contributed by atoms with Gasteiger partial charge < -0.3 is 5.32 Å². The summed E-state index contributed by atoms with van der Waals surface area (Å²) in [5.41, 5.74) is 4.08. The number of aryl methyl sites for hydroxylation is 1. The molecule has 0 saturated heterocycles. The second-order valence-corrected chi connectivity index (χ2v) is 5.28. The number of carbonyl (C=O) groups excluding carboxylic acids is 2. The fraction of sp³-hybridized carbons (Fsp3) is 0.0588. The number of hydrazine groups is 1. The van der Waals surface area contributed by atoms with Crippen molar-refractivity contribution < 1.29 is 9.59 Å². The average Bonchev–Trinajstić information content (AvgIpc) is 2.56. The van der Waals surface area contributed by atoms with E-state index < -0.39 is 11.8 Å². The molecule has 6 heteroatoms. The summed E-state index contributed by atoms with van der Waals surface area (Å²) in [5, 5.41) is 3.01. The van der Waals surface area contributed by atoms with E-state index in [4.69, 9.17) is 17.4 Å². The maximum absolute atomic E-state index is 12.3. The van der Waals surface area contributed by atoms with Crippen molar-refractivity contribution in [1.29, 1.82) is 0 Å².